The van der Waals surface area contributed by atoms with E-state index in [-0.39, 0.29) is 24.2 Å². The van der Waals surface area contributed by atoms with E-state index in [0.717, 1.165) is 25.9 Å². The van der Waals surface area contributed by atoms with Crippen LogP contribution in [0.3, 0.4) is 0 Å². The summed E-state index contributed by atoms with van der Waals surface area (Å²) in [5.74, 6) is -0.286. The predicted molar refractivity (Wildman–Crippen MR) is 68.9 cm³/mol. The number of hydrogen-bond donors (Lipinski definition) is 2. The van der Waals surface area contributed by atoms with Crippen LogP contribution in [0.2, 0.25) is 0 Å². The number of halogens is 1. The fourth-order valence-electron chi connectivity index (χ4n) is 1.79. The van der Waals surface area contributed by atoms with E-state index in [1.807, 2.05) is 4.90 Å². The first-order valence-electron chi connectivity index (χ1n) is 5.87. The van der Waals surface area contributed by atoms with Crippen LogP contribution >= 0.6 is 12.4 Å². The summed E-state index contributed by atoms with van der Waals surface area (Å²) in [7, 11) is 0. The molecule has 100 valence electrons. The average molecular weight is 264 g/mol. The highest BCUT2D eigenvalue weighted by molar-refractivity contribution is 5.89. The second kappa shape index (κ2) is 7.50. The number of nitrogens with two attached hydrogens (primary N) is 1. The molecule has 1 saturated heterocycles. The van der Waals surface area contributed by atoms with Crippen molar-refractivity contribution in [3.63, 3.8) is 0 Å². The Morgan fingerprint density at radius 2 is 1.71 bits per heavy atom. The van der Waals surface area contributed by atoms with Gasteiger partial charge in [0.05, 0.1) is 6.04 Å². The highest BCUT2D eigenvalue weighted by Crippen LogP contribution is 2.09. The Morgan fingerprint density at radius 3 is 2.18 bits per heavy atom. The number of carbonyl (C=O) groups is 2. The van der Waals surface area contributed by atoms with Gasteiger partial charge in [0.15, 0.2) is 0 Å². The molecule has 0 spiro atoms. The Labute approximate surface area is 109 Å². The van der Waals surface area contributed by atoms with Crippen LogP contribution in [-0.2, 0) is 9.59 Å². The molecule has 3 N–H and O–H groups in total. The van der Waals surface area contributed by atoms with E-state index in [2.05, 4.69) is 5.32 Å². The summed E-state index contributed by atoms with van der Waals surface area (Å²) in [6.45, 7) is 4.92. The Morgan fingerprint density at radius 1 is 1.18 bits per heavy atom. The van der Waals surface area contributed by atoms with Gasteiger partial charge in [-0.05, 0) is 33.1 Å². The van der Waals surface area contributed by atoms with Gasteiger partial charge in [0.1, 0.15) is 6.04 Å². The van der Waals surface area contributed by atoms with Gasteiger partial charge in [-0.2, -0.15) is 0 Å². The Kier molecular flexibility index (Phi) is 7.15. The third-order valence-corrected chi connectivity index (χ3v) is 2.81. The summed E-state index contributed by atoms with van der Waals surface area (Å²) >= 11 is 0. The van der Waals surface area contributed by atoms with Crippen molar-refractivity contribution < 1.29 is 9.59 Å². The van der Waals surface area contributed by atoms with Crippen LogP contribution in [0.25, 0.3) is 0 Å². The molecule has 2 atom stereocenters. The summed E-state index contributed by atoms with van der Waals surface area (Å²) in [6.07, 6.45) is 3.30. The zero-order valence-corrected chi connectivity index (χ0v) is 11.3. The Balaban J connectivity index is 0.00000256. The molecule has 0 aromatic carbocycles. The summed E-state index contributed by atoms with van der Waals surface area (Å²) in [4.78, 5) is 25.1. The van der Waals surface area contributed by atoms with Crippen molar-refractivity contribution in [1.29, 1.82) is 0 Å². The van der Waals surface area contributed by atoms with Crippen LogP contribution in [0.5, 0.6) is 0 Å². The molecule has 0 aliphatic carbocycles. The number of rotatable bonds is 3. The van der Waals surface area contributed by atoms with Crippen LogP contribution in [0.15, 0.2) is 0 Å². The normalized spacial score (nSPS) is 18.9. The number of amides is 2. The number of piperidine rings is 1. The van der Waals surface area contributed by atoms with Crippen molar-refractivity contribution >= 4 is 24.2 Å². The summed E-state index contributed by atoms with van der Waals surface area (Å²) in [5, 5.41) is 2.62. The maximum absolute atomic E-state index is 11.9. The molecule has 0 saturated carbocycles. The van der Waals surface area contributed by atoms with Crippen LogP contribution in [0.4, 0.5) is 0 Å². The fraction of sp³-hybridized carbons (Fsp3) is 0.818. The molecule has 0 unspecified atom stereocenters. The smallest absolute Gasteiger partial charge is 0.244 e. The first-order chi connectivity index (χ1) is 7.52. The molecule has 1 rings (SSSR count). The second-order valence-electron chi connectivity index (χ2n) is 4.40. The molecule has 17 heavy (non-hydrogen) atoms. The van der Waals surface area contributed by atoms with E-state index >= 15 is 0 Å². The molecular formula is C11H22ClN3O2. The minimum atomic E-state index is -0.573. The van der Waals surface area contributed by atoms with Gasteiger partial charge in [-0.25, -0.2) is 0 Å². The predicted octanol–water partition coefficient (Wildman–Crippen LogP) is 0.273. The molecule has 2 amide bonds. The molecule has 0 radical (unpaired) electrons. The highest BCUT2D eigenvalue weighted by Gasteiger charge is 2.23. The summed E-state index contributed by atoms with van der Waals surface area (Å²) in [6, 6.07) is -1.05. The maximum atomic E-state index is 11.9. The van der Waals surface area contributed by atoms with Crippen molar-refractivity contribution in [2.45, 2.75) is 45.2 Å². The van der Waals surface area contributed by atoms with E-state index in [1.54, 1.807) is 13.8 Å². The third kappa shape index (κ3) is 4.91. The van der Waals surface area contributed by atoms with Gasteiger partial charge in [-0.1, -0.05) is 0 Å². The molecule has 0 bridgehead atoms. The van der Waals surface area contributed by atoms with Gasteiger partial charge in [-0.3, -0.25) is 9.59 Å². The number of nitrogens with one attached hydrogen (secondary N) is 1. The lowest BCUT2D eigenvalue weighted by atomic mass is 10.1. The lowest BCUT2D eigenvalue weighted by molar-refractivity contribution is -0.136. The molecule has 1 fully saturated rings. The van der Waals surface area contributed by atoms with E-state index in [4.69, 9.17) is 5.73 Å². The van der Waals surface area contributed by atoms with Gasteiger partial charge in [0.25, 0.3) is 0 Å². The van der Waals surface area contributed by atoms with Crippen LogP contribution in [0, 0.1) is 0 Å². The molecule has 5 nitrogen and oxygen atoms in total. The van der Waals surface area contributed by atoms with Crippen molar-refractivity contribution in [3.8, 4) is 0 Å². The van der Waals surface area contributed by atoms with Crippen LogP contribution in [0.1, 0.15) is 33.1 Å². The van der Waals surface area contributed by atoms with Crippen molar-refractivity contribution in [2.24, 2.45) is 5.73 Å². The number of hydrogen-bond acceptors (Lipinski definition) is 3. The minimum absolute atomic E-state index is 0. The molecule has 1 aliphatic heterocycles. The number of nitrogens with zero attached hydrogens (tertiary/aromatic N) is 1. The van der Waals surface area contributed by atoms with E-state index in [0.29, 0.717) is 0 Å². The van der Waals surface area contributed by atoms with Gasteiger partial charge in [0, 0.05) is 13.1 Å². The van der Waals surface area contributed by atoms with Crippen LogP contribution in [-0.4, -0.2) is 41.9 Å². The highest BCUT2D eigenvalue weighted by atomic mass is 35.5. The van der Waals surface area contributed by atoms with Crippen molar-refractivity contribution in [2.75, 3.05) is 13.1 Å². The zero-order chi connectivity index (χ0) is 12.1. The first kappa shape index (κ1) is 16.2. The van der Waals surface area contributed by atoms with Crippen LogP contribution < -0.4 is 11.1 Å². The summed E-state index contributed by atoms with van der Waals surface area (Å²) < 4.78 is 0. The quantitative estimate of drug-likeness (QED) is 0.768. The third-order valence-electron chi connectivity index (χ3n) is 2.81. The number of carbonyl (C=O) groups excluding carboxylic acids is 2. The van der Waals surface area contributed by atoms with Crippen molar-refractivity contribution in [1.82, 2.24) is 10.2 Å². The molecule has 0 aromatic rings. The topological polar surface area (TPSA) is 75.4 Å². The zero-order valence-electron chi connectivity index (χ0n) is 10.4. The van der Waals surface area contributed by atoms with E-state index < -0.39 is 12.1 Å². The monoisotopic (exact) mass is 263 g/mol. The lowest BCUT2D eigenvalue weighted by Gasteiger charge is -2.29. The average Bonchev–Trinajstić information content (AvgIpc) is 2.28. The summed E-state index contributed by atoms with van der Waals surface area (Å²) in [5.41, 5.74) is 5.43. The molecule has 1 aliphatic rings. The van der Waals surface area contributed by atoms with E-state index in [1.165, 1.54) is 6.42 Å². The largest absolute Gasteiger partial charge is 0.343 e. The molecule has 1 heterocycles. The van der Waals surface area contributed by atoms with Gasteiger partial charge < -0.3 is 16.0 Å². The standard InChI is InChI=1S/C11H21N3O2.ClH/c1-8(12)10(15)13-9(2)11(16)14-6-4-3-5-7-14;/h8-9H,3-7,12H2,1-2H3,(H,13,15);1H/t8-,9+;/m1./s1. The van der Waals surface area contributed by atoms with Crippen molar-refractivity contribution in [3.05, 3.63) is 0 Å². The molecule has 0 aromatic heterocycles. The molecule has 6 heteroatoms. The van der Waals surface area contributed by atoms with Gasteiger partial charge >= 0.3 is 0 Å². The SMILES string of the molecule is C[C@H](NC(=O)[C@@H](C)N)C(=O)N1CCCCC1.Cl. The fourth-order valence-corrected chi connectivity index (χ4v) is 1.79. The van der Waals surface area contributed by atoms with Gasteiger partial charge in [0.2, 0.25) is 11.8 Å². The number of likely N-dealkylation sites (tertiary alicyclic amines) is 1. The van der Waals surface area contributed by atoms with Gasteiger partial charge in [-0.15, -0.1) is 12.4 Å². The second-order valence-corrected chi connectivity index (χ2v) is 4.40. The van der Waals surface area contributed by atoms with E-state index in [9.17, 15) is 9.59 Å². The maximum Gasteiger partial charge on any atom is 0.244 e. The first-order valence-corrected chi connectivity index (χ1v) is 5.87. The molecular weight excluding hydrogens is 242 g/mol. The lowest BCUT2D eigenvalue weighted by Crippen LogP contribution is -2.51. The Hall–Kier alpha value is -0.810. The Bertz CT molecular complexity index is 265. The minimum Gasteiger partial charge on any atom is -0.343 e.